The van der Waals surface area contributed by atoms with E-state index in [1.165, 1.54) is 24.3 Å². The molecule has 0 bridgehead atoms. The van der Waals surface area contributed by atoms with Gasteiger partial charge in [-0.15, -0.1) is 0 Å². The van der Waals surface area contributed by atoms with Gasteiger partial charge in [0.05, 0.1) is 10.4 Å². The van der Waals surface area contributed by atoms with Crippen LogP contribution in [-0.2, 0) is 16.7 Å². The standard InChI is InChI=1S/C17H15NO4S.Na/c1-12-10-13(16-4-2-3-5-17(16)18-12)11-22-14-6-8-15(9-7-14)23(19,20)21;/h2-10H,11H2,1H3,(H,19,20,21);/q;+1/p-1. The smallest absolute Gasteiger partial charge is 0.744 e. The normalized spacial score (nSPS) is 11.1. The summed E-state index contributed by atoms with van der Waals surface area (Å²) >= 11 is 0. The topological polar surface area (TPSA) is 79.3 Å². The van der Waals surface area contributed by atoms with Crippen molar-refractivity contribution in [1.82, 2.24) is 4.98 Å². The largest absolute Gasteiger partial charge is 1.00 e. The second-order valence-corrected chi connectivity index (χ2v) is 6.53. The van der Waals surface area contributed by atoms with Crippen molar-refractivity contribution in [3.8, 4) is 5.75 Å². The Balaban J connectivity index is 0.00000208. The maximum atomic E-state index is 10.9. The number of aryl methyl sites for hydroxylation is 1. The summed E-state index contributed by atoms with van der Waals surface area (Å²) < 4.78 is 38.4. The fourth-order valence-electron chi connectivity index (χ4n) is 2.38. The van der Waals surface area contributed by atoms with Crippen LogP contribution in [0.4, 0.5) is 0 Å². The Bertz CT molecular complexity index is 956. The van der Waals surface area contributed by atoms with Crippen LogP contribution in [0.3, 0.4) is 0 Å². The molecule has 2 aromatic carbocycles. The second kappa shape index (κ2) is 7.63. The second-order valence-electron chi connectivity index (χ2n) is 5.15. The van der Waals surface area contributed by atoms with E-state index in [0.717, 1.165) is 22.2 Å². The van der Waals surface area contributed by atoms with Crippen LogP contribution in [0.5, 0.6) is 5.75 Å². The molecule has 0 saturated heterocycles. The Morgan fingerprint density at radius 2 is 1.75 bits per heavy atom. The van der Waals surface area contributed by atoms with Crippen LogP contribution in [0.1, 0.15) is 11.3 Å². The quantitative estimate of drug-likeness (QED) is 0.489. The number of fused-ring (bicyclic) bond motifs is 1. The third kappa shape index (κ3) is 4.34. The van der Waals surface area contributed by atoms with E-state index in [2.05, 4.69) is 4.98 Å². The van der Waals surface area contributed by atoms with Gasteiger partial charge in [-0.3, -0.25) is 4.98 Å². The van der Waals surface area contributed by atoms with Gasteiger partial charge in [-0.05, 0) is 43.3 Å². The van der Waals surface area contributed by atoms with E-state index < -0.39 is 10.1 Å². The molecule has 5 nitrogen and oxygen atoms in total. The van der Waals surface area contributed by atoms with E-state index in [1.807, 2.05) is 37.3 Å². The molecule has 3 rings (SSSR count). The molecule has 0 saturated carbocycles. The van der Waals surface area contributed by atoms with E-state index in [-0.39, 0.29) is 34.5 Å². The minimum absolute atomic E-state index is 0. The van der Waals surface area contributed by atoms with Crippen molar-refractivity contribution in [2.24, 2.45) is 0 Å². The number of nitrogens with zero attached hydrogens (tertiary/aromatic N) is 1. The van der Waals surface area contributed by atoms with Crippen molar-refractivity contribution in [1.29, 1.82) is 0 Å². The molecule has 0 unspecified atom stereocenters. The zero-order valence-electron chi connectivity index (χ0n) is 13.4. The zero-order chi connectivity index (χ0) is 16.4. The van der Waals surface area contributed by atoms with Crippen molar-refractivity contribution in [3.05, 3.63) is 65.9 Å². The molecule has 24 heavy (non-hydrogen) atoms. The molecular weight excluding hydrogens is 337 g/mol. The molecule has 0 radical (unpaired) electrons. The minimum Gasteiger partial charge on any atom is -0.744 e. The monoisotopic (exact) mass is 351 g/mol. The molecule has 0 amide bonds. The Labute approximate surface area is 162 Å². The van der Waals surface area contributed by atoms with E-state index in [4.69, 9.17) is 4.74 Å². The van der Waals surface area contributed by atoms with Gasteiger partial charge >= 0.3 is 29.6 Å². The number of aromatic nitrogens is 1. The van der Waals surface area contributed by atoms with Gasteiger partial charge in [0.1, 0.15) is 22.5 Å². The van der Waals surface area contributed by atoms with Gasteiger partial charge in [0.25, 0.3) is 0 Å². The molecule has 0 fully saturated rings. The van der Waals surface area contributed by atoms with Gasteiger partial charge in [-0.1, -0.05) is 18.2 Å². The maximum Gasteiger partial charge on any atom is 1.00 e. The van der Waals surface area contributed by atoms with Crippen molar-refractivity contribution in [3.63, 3.8) is 0 Å². The van der Waals surface area contributed by atoms with Gasteiger partial charge in [0.15, 0.2) is 0 Å². The number of para-hydroxylation sites is 1. The van der Waals surface area contributed by atoms with Crippen molar-refractivity contribution >= 4 is 21.0 Å². The third-order valence-corrected chi connectivity index (χ3v) is 4.29. The van der Waals surface area contributed by atoms with Crippen LogP contribution >= 0.6 is 0 Å². The first kappa shape index (κ1) is 18.9. The van der Waals surface area contributed by atoms with E-state index in [0.29, 0.717) is 12.4 Å². The average Bonchev–Trinajstić information content (AvgIpc) is 2.52. The summed E-state index contributed by atoms with van der Waals surface area (Å²) in [6, 6.07) is 15.2. The van der Waals surface area contributed by atoms with Crippen LogP contribution in [0.2, 0.25) is 0 Å². The predicted molar refractivity (Wildman–Crippen MR) is 85.2 cm³/mol. The molecule has 1 aromatic heterocycles. The van der Waals surface area contributed by atoms with Crippen LogP contribution in [0, 0.1) is 6.92 Å². The Kier molecular flexibility index (Phi) is 6.01. The minimum atomic E-state index is -4.43. The Hall–Kier alpha value is -1.44. The van der Waals surface area contributed by atoms with Crippen LogP contribution in [-0.4, -0.2) is 18.0 Å². The van der Waals surface area contributed by atoms with E-state index >= 15 is 0 Å². The number of pyridine rings is 1. The Morgan fingerprint density at radius 1 is 1.08 bits per heavy atom. The van der Waals surface area contributed by atoms with E-state index in [9.17, 15) is 13.0 Å². The molecule has 118 valence electrons. The maximum absolute atomic E-state index is 10.9. The molecule has 1 heterocycles. The first-order valence-electron chi connectivity index (χ1n) is 6.97. The van der Waals surface area contributed by atoms with Crippen molar-refractivity contribution < 1.29 is 47.3 Å². The number of ether oxygens (including phenoxy) is 1. The van der Waals surface area contributed by atoms with E-state index in [1.54, 1.807) is 0 Å². The fourth-order valence-corrected chi connectivity index (χ4v) is 2.85. The average molecular weight is 351 g/mol. The summed E-state index contributed by atoms with van der Waals surface area (Å²) in [6.07, 6.45) is 0. The summed E-state index contributed by atoms with van der Waals surface area (Å²) in [5.41, 5.74) is 2.79. The van der Waals surface area contributed by atoms with Gasteiger partial charge in [0, 0.05) is 16.6 Å². The molecule has 0 aliphatic rings. The number of rotatable bonds is 4. The molecule has 0 aliphatic heterocycles. The Morgan fingerprint density at radius 3 is 2.42 bits per heavy atom. The first-order chi connectivity index (χ1) is 10.9. The SMILES string of the molecule is Cc1cc(COc2ccc(S(=O)(=O)[O-])cc2)c2ccccc2n1.[Na+]. The summed E-state index contributed by atoms with van der Waals surface area (Å²) in [6.45, 7) is 2.25. The van der Waals surface area contributed by atoms with Crippen molar-refractivity contribution in [2.75, 3.05) is 0 Å². The van der Waals surface area contributed by atoms with Gasteiger partial charge in [-0.2, -0.15) is 0 Å². The molecule has 0 spiro atoms. The van der Waals surface area contributed by atoms with Gasteiger partial charge in [-0.25, -0.2) is 8.42 Å². The molecule has 0 atom stereocenters. The fraction of sp³-hybridized carbons (Fsp3) is 0.118. The molecular formula is C17H14NNaO4S. The summed E-state index contributed by atoms with van der Waals surface area (Å²) in [7, 11) is -4.43. The predicted octanol–water partition coefficient (Wildman–Crippen LogP) is 0.0303. The molecule has 0 N–H and O–H groups in total. The summed E-state index contributed by atoms with van der Waals surface area (Å²) in [5, 5.41) is 1.01. The summed E-state index contributed by atoms with van der Waals surface area (Å²) in [4.78, 5) is 4.20. The molecule has 3 aromatic rings. The van der Waals surface area contributed by atoms with Gasteiger partial charge < -0.3 is 9.29 Å². The molecule has 0 aliphatic carbocycles. The van der Waals surface area contributed by atoms with Crippen LogP contribution in [0.15, 0.2) is 59.5 Å². The number of hydrogen-bond donors (Lipinski definition) is 0. The first-order valence-corrected chi connectivity index (χ1v) is 8.38. The van der Waals surface area contributed by atoms with Crippen LogP contribution in [0.25, 0.3) is 10.9 Å². The van der Waals surface area contributed by atoms with Gasteiger partial charge in [0.2, 0.25) is 0 Å². The zero-order valence-corrected chi connectivity index (χ0v) is 16.2. The number of benzene rings is 2. The van der Waals surface area contributed by atoms with Crippen LogP contribution < -0.4 is 34.3 Å². The molecule has 7 heteroatoms. The van der Waals surface area contributed by atoms with Crippen molar-refractivity contribution in [2.45, 2.75) is 18.4 Å². The summed E-state index contributed by atoms with van der Waals surface area (Å²) in [5.74, 6) is 0.496. The number of hydrogen-bond acceptors (Lipinski definition) is 5. The third-order valence-electron chi connectivity index (χ3n) is 3.44.